The highest BCUT2D eigenvalue weighted by Crippen LogP contribution is 2.30. The van der Waals surface area contributed by atoms with Crippen LogP contribution in [-0.2, 0) is 4.79 Å². The third kappa shape index (κ3) is 3.68. The number of carbonyl (C=O) groups is 1. The molecule has 0 bridgehead atoms. The van der Waals surface area contributed by atoms with E-state index in [1.165, 1.54) is 12.8 Å². The summed E-state index contributed by atoms with van der Waals surface area (Å²) in [6.45, 7) is 10.1. The first-order valence-electron chi connectivity index (χ1n) is 6.75. The molecule has 1 fully saturated rings. The Morgan fingerprint density at radius 3 is 2.47 bits per heavy atom. The molecule has 0 heterocycles. The highest BCUT2D eigenvalue weighted by atomic mass is 16.1. The van der Waals surface area contributed by atoms with E-state index in [1.54, 1.807) is 0 Å². The van der Waals surface area contributed by atoms with Gasteiger partial charge in [0.15, 0.2) is 0 Å². The van der Waals surface area contributed by atoms with Crippen LogP contribution < -0.4 is 11.1 Å². The molecule has 0 aromatic rings. The molecule has 0 aliphatic heterocycles. The Bertz CT molecular complexity index is 265. The number of carbonyl (C=O) groups excluding carboxylic acids is 1. The predicted molar refractivity (Wildman–Crippen MR) is 70.8 cm³/mol. The number of hydrogen-bond donors (Lipinski definition) is 2. The molecule has 0 saturated heterocycles. The Labute approximate surface area is 105 Å². The Balaban J connectivity index is 2.62. The summed E-state index contributed by atoms with van der Waals surface area (Å²) >= 11 is 0. The maximum absolute atomic E-state index is 11.6. The lowest BCUT2D eigenvalue weighted by molar-refractivity contribution is -0.124. The van der Waals surface area contributed by atoms with Crippen LogP contribution in [0.25, 0.3) is 0 Å². The van der Waals surface area contributed by atoms with Gasteiger partial charge in [-0.15, -0.1) is 0 Å². The van der Waals surface area contributed by atoms with Crippen LogP contribution in [0.5, 0.6) is 0 Å². The van der Waals surface area contributed by atoms with Crippen molar-refractivity contribution in [2.45, 2.75) is 64.6 Å². The lowest BCUT2D eigenvalue weighted by Crippen LogP contribution is -2.56. The van der Waals surface area contributed by atoms with Gasteiger partial charge in [0, 0.05) is 12.1 Å². The standard InChI is InChI=1S/C13H27N3O/c1-5-15-13(4,12(14)17)9-10(3)16(6-2)11-7-8-11/h10-11,15H,5-9H2,1-4H3,(H2,14,17). The molecule has 0 spiro atoms. The van der Waals surface area contributed by atoms with E-state index >= 15 is 0 Å². The number of primary amides is 1. The predicted octanol–water partition coefficient (Wildman–Crippen LogP) is 1.10. The molecular formula is C13H27N3O. The Hall–Kier alpha value is -0.610. The molecule has 0 aromatic carbocycles. The lowest BCUT2D eigenvalue weighted by Gasteiger charge is -2.35. The molecule has 100 valence electrons. The topological polar surface area (TPSA) is 58.4 Å². The number of nitrogens with zero attached hydrogens (tertiary/aromatic N) is 1. The van der Waals surface area contributed by atoms with E-state index in [-0.39, 0.29) is 5.91 Å². The van der Waals surface area contributed by atoms with Gasteiger partial charge >= 0.3 is 0 Å². The number of nitrogens with two attached hydrogens (primary N) is 1. The molecule has 1 amide bonds. The summed E-state index contributed by atoms with van der Waals surface area (Å²) < 4.78 is 0. The van der Waals surface area contributed by atoms with Crippen molar-refractivity contribution in [1.82, 2.24) is 10.2 Å². The van der Waals surface area contributed by atoms with Gasteiger partial charge < -0.3 is 11.1 Å². The number of rotatable bonds is 8. The van der Waals surface area contributed by atoms with Crippen LogP contribution >= 0.6 is 0 Å². The van der Waals surface area contributed by atoms with Gasteiger partial charge in [0.25, 0.3) is 0 Å². The maximum atomic E-state index is 11.6. The second kappa shape index (κ2) is 5.83. The van der Waals surface area contributed by atoms with Gasteiger partial charge in [-0.3, -0.25) is 9.69 Å². The summed E-state index contributed by atoms with van der Waals surface area (Å²) in [5.41, 5.74) is 4.93. The van der Waals surface area contributed by atoms with Gasteiger partial charge in [0.05, 0.1) is 5.54 Å². The van der Waals surface area contributed by atoms with E-state index in [4.69, 9.17) is 5.73 Å². The third-order valence-corrected chi connectivity index (χ3v) is 3.76. The summed E-state index contributed by atoms with van der Waals surface area (Å²) in [4.78, 5) is 14.1. The molecule has 1 aliphatic rings. The van der Waals surface area contributed by atoms with Crippen molar-refractivity contribution in [2.24, 2.45) is 5.73 Å². The fourth-order valence-electron chi connectivity index (χ4n) is 2.69. The first-order valence-corrected chi connectivity index (χ1v) is 6.75. The highest BCUT2D eigenvalue weighted by Gasteiger charge is 2.37. The van der Waals surface area contributed by atoms with E-state index in [1.807, 2.05) is 13.8 Å². The molecular weight excluding hydrogens is 214 g/mol. The first kappa shape index (κ1) is 14.5. The summed E-state index contributed by atoms with van der Waals surface area (Å²) in [6, 6.07) is 1.12. The number of hydrogen-bond acceptors (Lipinski definition) is 3. The van der Waals surface area contributed by atoms with Gasteiger partial charge in [0.2, 0.25) is 5.91 Å². The fraction of sp³-hybridized carbons (Fsp3) is 0.923. The minimum Gasteiger partial charge on any atom is -0.368 e. The molecule has 3 N–H and O–H groups in total. The molecule has 0 aromatic heterocycles. The fourth-order valence-corrected chi connectivity index (χ4v) is 2.69. The van der Waals surface area contributed by atoms with Crippen LogP contribution in [0.4, 0.5) is 0 Å². The quantitative estimate of drug-likeness (QED) is 0.669. The van der Waals surface area contributed by atoms with Crippen molar-refractivity contribution in [3.8, 4) is 0 Å². The second-order valence-corrected chi connectivity index (χ2v) is 5.34. The zero-order chi connectivity index (χ0) is 13.1. The third-order valence-electron chi connectivity index (χ3n) is 3.76. The normalized spacial score (nSPS) is 21.2. The zero-order valence-electron chi connectivity index (χ0n) is 11.6. The average Bonchev–Trinajstić information content (AvgIpc) is 3.03. The van der Waals surface area contributed by atoms with Crippen LogP contribution in [0.1, 0.15) is 47.0 Å². The molecule has 4 nitrogen and oxygen atoms in total. The van der Waals surface area contributed by atoms with Gasteiger partial charge in [-0.1, -0.05) is 13.8 Å². The summed E-state index contributed by atoms with van der Waals surface area (Å²) in [6.07, 6.45) is 3.37. The van der Waals surface area contributed by atoms with Gasteiger partial charge in [-0.25, -0.2) is 0 Å². The molecule has 2 unspecified atom stereocenters. The van der Waals surface area contributed by atoms with Gasteiger partial charge in [-0.2, -0.15) is 0 Å². The molecule has 2 atom stereocenters. The molecule has 4 heteroatoms. The van der Waals surface area contributed by atoms with Crippen molar-refractivity contribution in [2.75, 3.05) is 13.1 Å². The van der Waals surface area contributed by atoms with E-state index in [0.29, 0.717) is 6.04 Å². The Morgan fingerprint density at radius 1 is 1.53 bits per heavy atom. The van der Waals surface area contributed by atoms with E-state index in [9.17, 15) is 4.79 Å². The summed E-state index contributed by atoms with van der Waals surface area (Å²) in [5.74, 6) is -0.252. The minimum atomic E-state index is -0.587. The average molecular weight is 241 g/mol. The van der Waals surface area contributed by atoms with Crippen LogP contribution in [0.15, 0.2) is 0 Å². The highest BCUT2D eigenvalue weighted by molar-refractivity contribution is 5.84. The first-order chi connectivity index (χ1) is 7.94. The Kier molecular flexibility index (Phi) is 4.95. The van der Waals surface area contributed by atoms with Crippen molar-refractivity contribution < 1.29 is 4.79 Å². The molecule has 1 saturated carbocycles. The zero-order valence-corrected chi connectivity index (χ0v) is 11.6. The van der Waals surface area contributed by atoms with E-state index < -0.39 is 5.54 Å². The molecule has 1 aliphatic carbocycles. The maximum Gasteiger partial charge on any atom is 0.237 e. The lowest BCUT2D eigenvalue weighted by atomic mass is 9.92. The van der Waals surface area contributed by atoms with Crippen molar-refractivity contribution in [3.63, 3.8) is 0 Å². The van der Waals surface area contributed by atoms with Crippen LogP contribution in [0, 0.1) is 0 Å². The van der Waals surface area contributed by atoms with Crippen molar-refractivity contribution >= 4 is 5.91 Å². The second-order valence-electron chi connectivity index (χ2n) is 5.34. The smallest absolute Gasteiger partial charge is 0.237 e. The summed E-state index contributed by atoms with van der Waals surface area (Å²) in [7, 11) is 0. The Morgan fingerprint density at radius 2 is 2.12 bits per heavy atom. The largest absolute Gasteiger partial charge is 0.368 e. The molecule has 1 rings (SSSR count). The monoisotopic (exact) mass is 241 g/mol. The SMILES string of the molecule is CCNC(C)(CC(C)N(CC)C1CC1)C(N)=O. The number of likely N-dealkylation sites (N-methyl/N-ethyl adjacent to an activating group) is 1. The van der Waals surface area contributed by atoms with Crippen LogP contribution in [-0.4, -0.2) is 41.5 Å². The van der Waals surface area contributed by atoms with Crippen LogP contribution in [0.2, 0.25) is 0 Å². The molecule has 0 radical (unpaired) electrons. The number of amides is 1. The molecule has 17 heavy (non-hydrogen) atoms. The van der Waals surface area contributed by atoms with E-state index in [2.05, 4.69) is 24.1 Å². The van der Waals surface area contributed by atoms with Crippen molar-refractivity contribution in [3.05, 3.63) is 0 Å². The summed E-state index contributed by atoms with van der Waals surface area (Å²) in [5, 5.41) is 3.23. The minimum absolute atomic E-state index is 0.252. The van der Waals surface area contributed by atoms with Gasteiger partial charge in [0.1, 0.15) is 0 Å². The van der Waals surface area contributed by atoms with E-state index in [0.717, 1.165) is 25.6 Å². The van der Waals surface area contributed by atoms with Crippen LogP contribution in [0.3, 0.4) is 0 Å². The van der Waals surface area contributed by atoms with Crippen molar-refractivity contribution in [1.29, 1.82) is 0 Å². The number of nitrogens with one attached hydrogen (secondary N) is 1. The van der Waals surface area contributed by atoms with Gasteiger partial charge in [-0.05, 0) is 46.2 Å².